The van der Waals surface area contributed by atoms with Gasteiger partial charge in [-0.2, -0.15) is 23.5 Å². The fourth-order valence-corrected chi connectivity index (χ4v) is 2.98. The third-order valence-electron chi connectivity index (χ3n) is 4.12. The van der Waals surface area contributed by atoms with Gasteiger partial charge >= 0.3 is 6.18 Å². The lowest BCUT2D eigenvalue weighted by atomic mass is 9.98. The number of nitrogen functional groups attached to an aromatic ring is 1. The first-order chi connectivity index (χ1) is 11.4. The second-order valence-corrected chi connectivity index (χ2v) is 5.64. The van der Waals surface area contributed by atoms with Gasteiger partial charge in [-0.05, 0) is 6.42 Å². The van der Waals surface area contributed by atoms with E-state index in [0.29, 0.717) is 5.56 Å². The lowest BCUT2D eigenvalue weighted by Crippen LogP contribution is -2.35. The Balaban J connectivity index is 2.13. The molecule has 2 heterocycles. The van der Waals surface area contributed by atoms with Gasteiger partial charge in [0.2, 0.25) is 0 Å². The summed E-state index contributed by atoms with van der Waals surface area (Å²) in [7, 11) is 0. The topological polar surface area (TPSA) is 76.9 Å². The smallest absolute Gasteiger partial charge is 0.383 e. The molecule has 0 radical (unpaired) electrons. The number of nitriles is 1. The van der Waals surface area contributed by atoms with E-state index in [1.807, 2.05) is 6.07 Å². The molecule has 126 valence electrons. The highest BCUT2D eigenvalue weighted by Gasteiger charge is 2.49. The molecule has 24 heavy (non-hydrogen) atoms. The summed E-state index contributed by atoms with van der Waals surface area (Å²) in [6, 6.07) is 8.52. The minimum absolute atomic E-state index is 0.00790. The summed E-state index contributed by atoms with van der Waals surface area (Å²) < 4.78 is 46.7. The fourth-order valence-electron chi connectivity index (χ4n) is 2.98. The summed E-state index contributed by atoms with van der Waals surface area (Å²) in [6.45, 7) is 0.265. The van der Waals surface area contributed by atoms with Gasteiger partial charge in [0.25, 0.3) is 0 Å². The molecule has 0 aliphatic carbocycles. The molecule has 5 nitrogen and oxygen atoms in total. The number of anilines is 1. The Hall–Kier alpha value is -2.53. The molecule has 1 aliphatic rings. The van der Waals surface area contributed by atoms with Gasteiger partial charge in [0, 0.05) is 18.1 Å². The third kappa shape index (κ3) is 2.83. The van der Waals surface area contributed by atoms with Crippen LogP contribution in [0.2, 0.25) is 0 Å². The quantitative estimate of drug-likeness (QED) is 0.934. The first-order valence-electron chi connectivity index (χ1n) is 7.41. The van der Waals surface area contributed by atoms with Crippen molar-refractivity contribution in [2.45, 2.75) is 18.6 Å². The standard InChI is InChI=1S/C16H15F3N4O/c17-16(18,19)14(11-6-7-24-9-11)23-15(21)12(8-20)13(22-23)10-4-2-1-3-5-10/h1-5,11,14H,6-7,9,21H2. The largest absolute Gasteiger partial charge is 0.411 e. The van der Waals surface area contributed by atoms with Crippen molar-refractivity contribution in [2.75, 3.05) is 18.9 Å². The number of halogens is 3. The average molecular weight is 336 g/mol. The molecule has 0 bridgehead atoms. The van der Waals surface area contributed by atoms with E-state index in [0.717, 1.165) is 4.68 Å². The van der Waals surface area contributed by atoms with E-state index in [1.165, 1.54) is 0 Å². The van der Waals surface area contributed by atoms with Gasteiger partial charge in [-0.15, -0.1) is 0 Å². The number of nitrogens with zero attached hydrogens (tertiary/aromatic N) is 3. The Labute approximate surface area is 136 Å². The molecule has 1 aliphatic heterocycles. The highest BCUT2D eigenvalue weighted by atomic mass is 19.4. The highest BCUT2D eigenvalue weighted by molar-refractivity contribution is 5.72. The van der Waals surface area contributed by atoms with Gasteiger partial charge in [-0.1, -0.05) is 30.3 Å². The molecule has 2 unspecified atom stereocenters. The monoisotopic (exact) mass is 336 g/mol. The van der Waals surface area contributed by atoms with E-state index in [2.05, 4.69) is 5.10 Å². The normalized spacial score (nSPS) is 19.2. The average Bonchev–Trinajstić information content (AvgIpc) is 3.16. The number of benzene rings is 1. The Morgan fingerprint density at radius 2 is 2.04 bits per heavy atom. The maximum absolute atomic E-state index is 13.6. The maximum Gasteiger partial charge on any atom is 0.411 e. The van der Waals surface area contributed by atoms with Crippen LogP contribution in [0.3, 0.4) is 0 Å². The van der Waals surface area contributed by atoms with E-state index < -0.39 is 18.1 Å². The second-order valence-electron chi connectivity index (χ2n) is 5.64. The van der Waals surface area contributed by atoms with E-state index in [4.69, 9.17) is 10.5 Å². The van der Waals surface area contributed by atoms with Gasteiger partial charge in [-0.3, -0.25) is 0 Å². The predicted molar refractivity (Wildman–Crippen MR) is 80.8 cm³/mol. The first kappa shape index (κ1) is 16.3. The minimum atomic E-state index is -4.54. The van der Waals surface area contributed by atoms with Crippen molar-refractivity contribution in [3.8, 4) is 17.3 Å². The van der Waals surface area contributed by atoms with Crippen molar-refractivity contribution in [2.24, 2.45) is 5.92 Å². The van der Waals surface area contributed by atoms with Crippen molar-refractivity contribution in [1.82, 2.24) is 9.78 Å². The molecule has 8 heteroatoms. The number of hydrogen-bond acceptors (Lipinski definition) is 4. The van der Waals surface area contributed by atoms with Gasteiger partial charge in [0.1, 0.15) is 23.1 Å². The van der Waals surface area contributed by atoms with Crippen LogP contribution in [0.15, 0.2) is 30.3 Å². The second kappa shape index (κ2) is 6.17. The molecule has 2 atom stereocenters. The Morgan fingerprint density at radius 3 is 2.58 bits per heavy atom. The van der Waals surface area contributed by atoms with Gasteiger partial charge in [0.15, 0.2) is 6.04 Å². The van der Waals surface area contributed by atoms with Crippen LogP contribution in [0.5, 0.6) is 0 Å². The van der Waals surface area contributed by atoms with Crippen LogP contribution in [0.1, 0.15) is 18.0 Å². The van der Waals surface area contributed by atoms with Crippen molar-refractivity contribution >= 4 is 5.82 Å². The molecular weight excluding hydrogens is 321 g/mol. The number of aromatic nitrogens is 2. The zero-order valence-electron chi connectivity index (χ0n) is 12.6. The molecule has 1 aromatic carbocycles. The van der Waals surface area contributed by atoms with Gasteiger partial charge in [0.05, 0.1) is 6.61 Å². The van der Waals surface area contributed by atoms with Crippen LogP contribution >= 0.6 is 0 Å². The maximum atomic E-state index is 13.6. The van der Waals surface area contributed by atoms with Gasteiger partial charge < -0.3 is 10.5 Å². The first-order valence-corrected chi connectivity index (χ1v) is 7.41. The summed E-state index contributed by atoms with van der Waals surface area (Å²) in [6.07, 6.45) is -4.27. The number of alkyl halides is 3. The molecule has 0 amide bonds. The molecule has 1 fully saturated rings. The number of hydrogen-bond donors (Lipinski definition) is 1. The molecule has 2 aromatic rings. The van der Waals surface area contributed by atoms with E-state index in [1.54, 1.807) is 30.3 Å². The summed E-state index contributed by atoms with van der Waals surface area (Å²) in [4.78, 5) is 0. The Kier molecular flexibility index (Phi) is 4.20. The minimum Gasteiger partial charge on any atom is -0.383 e. The molecule has 1 aromatic heterocycles. The summed E-state index contributed by atoms with van der Waals surface area (Å²) in [5.74, 6) is -1.05. The van der Waals surface area contributed by atoms with Crippen LogP contribution in [0, 0.1) is 17.2 Å². The molecule has 1 saturated heterocycles. The van der Waals surface area contributed by atoms with E-state index in [9.17, 15) is 18.4 Å². The van der Waals surface area contributed by atoms with Crippen molar-refractivity contribution in [3.63, 3.8) is 0 Å². The van der Waals surface area contributed by atoms with Crippen molar-refractivity contribution < 1.29 is 17.9 Å². The molecule has 0 spiro atoms. The third-order valence-corrected chi connectivity index (χ3v) is 4.12. The summed E-state index contributed by atoms with van der Waals surface area (Å²) in [5.41, 5.74) is 6.51. The number of rotatable bonds is 3. The number of nitrogens with two attached hydrogens (primary N) is 1. The molecule has 0 saturated carbocycles. The van der Waals surface area contributed by atoms with Crippen LogP contribution in [0.25, 0.3) is 11.3 Å². The molecular formula is C16H15F3N4O. The number of ether oxygens (including phenoxy) is 1. The molecule has 2 N–H and O–H groups in total. The fraction of sp³-hybridized carbons (Fsp3) is 0.375. The Morgan fingerprint density at radius 1 is 1.33 bits per heavy atom. The lowest BCUT2D eigenvalue weighted by molar-refractivity contribution is -0.183. The zero-order valence-corrected chi connectivity index (χ0v) is 12.6. The SMILES string of the molecule is N#Cc1c(-c2ccccc2)nn(C(C2CCOC2)C(F)(F)F)c1N. The highest BCUT2D eigenvalue weighted by Crippen LogP contribution is 2.42. The molecule has 3 rings (SSSR count). The van der Waals surface area contributed by atoms with E-state index in [-0.39, 0.29) is 36.7 Å². The lowest BCUT2D eigenvalue weighted by Gasteiger charge is -2.26. The Bertz CT molecular complexity index is 758. The van der Waals surface area contributed by atoms with Crippen LogP contribution in [-0.4, -0.2) is 29.2 Å². The van der Waals surface area contributed by atoms with Gasteiger partial charge in [-0.25, -0.2) is 4.68 Å². The van der Waals surface area contributed by atoms with Crippen LogP contribution in [0.4, 0.5) is 19.0 Å². The van der Waals surface area contributed by atoms with E-state index >= 15 is 0 Å². The summed E-state index contributed by atoms with van der Waals surface area (Å²) >= 11 is 0. The van der Waals surface area contributed by atoms with Crippen molar-refractivity contribution in [1.29, 1.82) is 5.26 Å². The van der Waals surface area contributed by atoms with Crippen LogP contribution < -0.4 is 5.73 Å². The zero-order chi connectivity index (χ0) is 17.3. The van der Waals surface area contributed by atoms with Crippen LogP contribution in [-0.2, 0) is 4.74 Å². The van der Waals surface area contributed by atoms with Crippen molar-refractivity contribution in [3.05, 3.63) is 35.9 Å². The predicted octanol–water partition coefficient (Wildman–Crippen LogP) is 3.14. The summed E-state index contributed by atoms with van der Waals surface area (Å²) in [5, 5.41) is 13.4.